The van der Waals surface area contributed by atoms with Crippen molar-refractivity contribution in [3.63, 3.8) is 0 Å². The van der Waals surface area contributed by atoms with Gasteiger partial charge in [0, 0.05) is 11.1 Å². The first kappa shape index (κ1) is 18.3. The van der Waals surface area contributed by atoms with E-state index in [4.69, 9.17) is 18.6 Å². The van der Waals surface area contributed by atoms with Gasteiger partial charge in [0.1, 0.15) is 11.5 Å². The number of ether oxygens (including phenoxy) is 3. The van der Waals surface area contributed by atoms with Crippen molar-refractivity contribution < 1.29 is 23.7 Å². The second-order valence-electron chi connectivity index (χ2n) is 6.94. The molecule has 0 bridgehead atoms. The van der Waals surface area contributed by atoms with Crippen LogP contribution in [0.5, 0.6) is 23.0 Å². The average molecular weight is 380 g/mol. The zero-order valence-corrected chi connectivity index (χ0v) is 16.1. The minimum absolute atomic E-state index is 0.0784. The van der Waals surface area contributed by atoms with Gasteiger partial charge in [-0.25, -0.2) is 0 Å². The van der Waals surface area contributed by atoms with Crippen molar-refractivity contribution in [3.05, 3.63) is 48.5 Å². The molecule has 1 N–H and O–H groups in total. The molecule has 1 aliphatic carbocycles. The molecule has 0 saturated heterocycles. The molecule has 0 radical (unpaired) electrons. The Hall–Kier alpha value is -3.08. The van der Waals surface area contributed by atoms with Crippen LogP contribution in [0.1, 0.15) is 25.7 Å². The van der Waals surface area contributed by atoms with Gasteiger partial charge >= 0.3 is 0 Å². The molecule has 5 nitrogen and oxygen atoms in total. The average Bonchev–Trinajstić information content (AvgIpc) is 3.40. The van der Waals surface area contributed by atoms with Crippen LogP contribution in [0.2, 0.25) is 0 Å². The molecule has 0 atom stereocenters. The molecule has 28 heavy (non-hydrogen) atoms. The van der Waals surface area contributed by atoms with E-state index < -0.39 is 0 Å². The summed E-state index contributed by atoms with van der Waals surface area (Å²) in [4.78, 5) is 0. The Morgan fingerprint density at radius 3 is 2.00 bits per heavy atom. The predicted molar refractivity (Wildman–Crippen MR) is 107 cm³/mol. The highest BCUT2D eigenvalue weighted by Crippen LogP contribution is 2.38. The fraction of sp³-hybridized carbons (Fsp3) is 0.304. The lowest BCUT2D eigenvalue weighted by Crippen LogP contribution is -2.11. The van der Waals surface area contributed by atoms with Gasteiger partial charge in [0.05, 0.1) is 20.3 Å². The van der Waals surface area contributed by atoms with Crippen LogP contribution in [0, 0.1) is 0 Å². The molecule has 4 rings (SSSR count). The van der Waals surface area contributed by atoms with Crippen LogP contribution in [0.3, 0.4) is 0 Å². The monoisotopic (exact) mass is 380 g/mol. The van der Waals surface area contributed by atoms with E-state index in [0.717, 1.165) is 41.2 Å². The van der Waals surface area contributed by atoms with Crippen LogP contribution >= 0.6 is 0 Å². The number of phenolic OH excluding ortho intramolecular Hbond substituents is 1. The second-order valence-corrected chi connectivity index (χ2v) is 6.94. The summed E-state index contributed by atoms with van der Waals surface area (Å²) in [6.45, 7) is 0. The van der Waals surface area contributed by atoms with Gasteiger partial charge in [-0.2, -0.15) is 0 Å². The van der Waals surface area contributed by atoms with Gasteiger partial charge < -0.3 is 23.7 Å². The third-order valence-corrected chi connectivity index (χ3v) is 5.11. The fourth-order valence-electron chi connectivity index (χ4n) is 3.60. The Kier molecular flexibility index (Phi) is 5.15. The number of furan rings is 1. The van der Waals surface area contributed by atoms with E-state index >= 15 is 0 Å². The van der Waals surface area contributed by atoms with Gasteiger partial charge in [0.25, 0.3) is 0 Å². The molecule has 2 aromatic carbocycles. The second kappa shape index (κ2) is 7.89. The summed E-state index contributed by atoms with van der Waals surface area (Å²) in [6.07, 6.45) is 4.84. The molecule has 0 unspecified atom stereocenters. The van der Waals surface area contributed by atoms with Crippen molar-refractivity contribution in [2.75, 3.05) is 14.2 Å². The minimum atomic E-state index is 0.0784. The third kappa shape index (κ3) is 3.65. The number of hydrogen-bond donors (Lipinski definition) is 1. The Morgan fingerprint density at radius 2 is 1.39 bits per heavy atom. The Bertz CT molecular complexity index is 953. The van der Waals surface area contributed by atoms with Crippen molar-refractivity contribution in [2.45, 2.75) is 31.8 Å². The van der Waals surface area contributed by atoms with Crippen LogP contribution in [-0.2, 0) is 0 Å². The minimum Gasteiger partial charge on any atom is -0.504 e. The molecular formula is C23H24O5. The molecule has 1 aliphatic rings. The largest absolute Gasteiger partial charge is 0.504 e. The highest BCUT2D eigenvalue weighted by molar-refractivity contribution is 5.68. The molecule has 1 heterocycles. The third-order valence-electron chi connectivity index (χ3n) is 5.11. The van der Waals surface area contributed by atoms with Gasteiger partial charge in [0.2, 0.25) is 0 Å². The molecule has 1 saturated carbocycles. The maximum atomic E-state index is 10.0. The van der Waals surface area contributed by atoms with E-state index in [0.29, 0.717) is 11.5 Å². The van der Waals surface area contributed by atoms with Crippen LogP contribution in [-0.4, -0.2) is 25.4 Å². The van der Waals surface area contributed by atoms with Crippen molar-refractivity contribution in [2.24, 2.45) is 0 Å². The quantitative estimate of drug-likeness (QED) is 0.598. The van der Waals surface area contributed by atoms with E-state index in [1.165, 1.54) is 20.0 Å². The summed E-state index contributed by atoms with van der Waals surface area (Å²) < 4.78 is 22.8. The molecule has 0 amide bonds. The first-order valence-electron chi connectivity index (χ1n) is 9.50. The van der Waals surface area contributed by atoms with Crippen LogP contribution in [0.25, 0.3) is 22.6 Å². The molecule has 146 valence electrons. The van der Waals surface area contributed by atoms with E-state index in [1.54, 1.807) is 19.2 Å². The van der Waals surface area contributed by atoms with Gasteiger partial charge in [-0.3, -0.25) is 0 Å². The maximum absolute atomic E-state index is 10.0. The van der Waals surface area contributed by atoms with Gasteiger partial charge in [0.15, 0.2) is 23.0 Å². The van der Waals surface area contributed by atoms with E-state index in [1.807, 2.05) is 36.4 Å². The van der Waals surface area contributed by atoms with Crippen molar-refractivity contribution in [3.8, 4) is 45.6 Å². The van der Waals surface area contributed by atoms with Crippen molar-refractivity contribution in [1.82, 2.24) is 0 Å². The van der Waals surface area contributed by atoms with Crippen molar-refractivity contribution >= 4 is 0 Å². The normalized spacial score (nSPS) is 14.2. The highest BCUT2D eigenvalue weighted by Gasteiger charge is 2.19. The summed E-state index contributed by atoms with van der Waals surface area (Å²) in [6, 6.07) is 14.8. The molecule has 0 aliphatic heterocycles. The molecule has 5 heteroatoms. The topological polar surface area (TPSA) is 61.1 Å². The zero-order chi connectivity index (χ0) is 19.5. The lowest BCUT2D eigenvalue weighted by Gasteiger charge is -2.16. The van der Waals surface area contributed by atoms with E-state index in [9.17, 15) is 5.11 Å². The Morgan fingerprint density at radius 1 is 0.786 bits per heavy atom. The molecule has 0 spiro atoms. The summed E-state index contributed by atoms with van der Waals surface area (Å²) in [5, 5.41) is 10.0. The number of rotatable bonds is 6. The van der Waals surface area contributed by atoms with Gasteiger partial charge in [-0.15, -0.1) is 0 Å². The summed E-state index contributed by atoms with van der Waals surface area (Å²) in [5.74, 6) is 3.37. The number of hydrogen-bond acceptors (Lipinski definition) is 5. The number of methoxy groups -OCH3 is 2. The van der Waals surface area contributed by atoms with Gasteiger partial charge in [-0.1, -0.05) is 0 Å². The van der Waals surface area contributed by atoms with Gasteiger partial charge in [-0.05, 0) is 74.2 Å². The number of benzene rings is 2. The summed E-state index contributed by atoms with van der Waals surface area (Å²) in [5.41, 5.74) is 1.69. The summed E-state index contributed by atoms with van der Waals surface area (Å²) in [7, 11) is 3.17. The molecule has 1 aromatic heterocycles. The summed E-state index contributed by atoms with van der Waals surface area (Å²) >= 11 is 0. The predicted octanol–water partition coefficient (Wildman–Crippen LogP) is 5.66. The molecule has 3 aromatic rings. The first-order valence-corrected chi connectivity index (χ1v) is 9.50. The van der Waals surface area contributed by atoms with Crippen LogP contribution < -0.4 is 14.2 Å². The molecule has 1 fully saturated rings. The first-order chi connectivity index (χ1) is 13.7. The lowest BCUT2D eigenvalue weighted by molar-refractivity contribution is 0.201. The fourth-order valence-corrected chi connectivity index (χ4v) is 3.60. The Labute approximate surface area is 164 Å². The van der Waals surface area contributed by atoms with E-state index in [2.05, 4.69) is 0 Å². The lowest BCUT2D eigenvalue weighted by atomic mass is 10.1. The smallest absolute Gasteiger partial charge is 0.162 e. The molecular weight excluding hydrogens is 356 g/mol. The standard InChI is InChI=1S/C23H24O5/c1-25-21-9-7-15(13-18(21)24)19-11-12-20(28-19)16-8-10-22(26-2)23(14-16)27-17-5-3-4-6-17/h7-14,17,24H,3-6H2,1-2H3. The van der Waals surface area contributed by atoms with Crippen LogP contribution in [0.4, 0.5) is 0 Å². The van der Waals surface area contributed by atoms with Crippen LogP contribution in [0.15, 0.2) is 52.9 Å². The highest BCUT2D eigenvalue weighted by atomic mass is 16.5. The van der Waals surface area contributed by atoms with Crippen molar-refractivity contribution in [1.29, 1.82) is 0 Å². The zero-order valence-electron chi connectivity index (χ0n) is 16.1. The number of phenols is 1. The Balaban J connectivity index is 1.61. The maximum Gasteiger partial charge on any atom is 0.162 e. The van der Waals surface area contributed by atoms with E-state index in [-0.39, 0.29) is 11.9 Å². The number of aromatic hydroxyl groups is 1. The SMILES string of the molecule is COc1ccc(-c2ccc(-c3ccc(OC)c(OC4CCCC4)c3)o2)cc1O.